The molecule has 3 aromatic carbocycles. The molecule has 0 aromatic heterocycles. The summed E-state index contributed by atoms with van der Waals surface area (Å²) in [4.78, 5) is 12.8. The predicted octanol–water partition coefficient (Wildman–Crippen LogP) is 3.79. The average Bonchev–Trinajstić information content (AvgIpc) is 2.78. The van der Waals surface area contributed by atoms with Crippen LogP contribution < -0.4 is 10.6 Å². The zero-order valence-electron chi connectivity index (χ0n) is 18.6. The molecule has 0 spiro atoms. The van der Waals surface area contributed by atoms with E-state index < -0.39 is 35.8 Å². The van der Waals surface area contributed by atoms with Gasteiger partial charge in [0.1, 0.15) is 11.6 Å². The van der Waals surface area contributed by atoms with E-state index in [0.717, 1.165) is 32.9 Å². The van der Waals surface area contributed by atoms with Gasteiger partial charge in [-0.15, -0.1) is 0 Å². The van der Waals surface area contributed by atoms with Crippen molar-refractivity contribution in [3.05, 3.63) is 104 Å². The summed E-state index contributed by atoms with van der Waals surface area (Å²) in [5.74, 6) is -2.19. The van der Waals surface area contributed by atoms with Gasteiger partial charge in [-0.3, -0.25) is 4.79 Å². The van der Waals surface area contributed by atoms with Crippen molar-refractivity contribution >= 4 is 28.5 Å². The Balaban J connectivity index is 1.70. The van der Waals surface area contributed by atoms with E-state index in [0.29, 0.717) is 12.1 Å². The molecule has 0 bridgehead atoms. The normalized spacial score (nSPS) is 13.8. The minimum Gasteiger partial charge on any atom is -0.390 e. The fourth-order valence-electron chi connectivity index (χ4n) is 3.58. The van der Waals surface area contributed by atoms with Gasteiger partial charge in [0, 0.05) is 22.7 Å². The summed E-state index contributed by atoms with van der Waals surface area (Å²) in [6, 6.07) is 16.9. The second-order valence-corrected chi connectivity index (χ2v) is 9.48. The van der Waals surface area contributed by atoms with Crippen LogP contribution in [-0.2, 0) is 17.8 Å². The van der Waals surface area contributed by atoms with Crippen LogP contribution in [0, 0.1) is 22.1 Å². The van der Waals surface area contributed by atoms with Gasteiger partial charge >= 0.3 is 0 Å². The minimum absolute atomic E-state index is 0.0207. The molecule has 4 N–H and O–H groups in total. The second-order valence-electron chi connectivity index (χ2n) is 8.24. The standard InChI is InChI=1S/C26H27F2IN2O3/c1-16-5-7-19(8-6-16)25(33)26(34)31-23(12-18-9-20(27)13-21(28)10-18)24(32)15-30-14-17-3-2-4-22(29)11-17/h2-11,13,23-25,30,32-33H,12,14-15H2,1H3,(H,31,34)/t23-,24+,25?/m0/s1. The lowest BCUT2D eigenvalue weighted by atomic mass is 9.99. The van der Waals surface area contributed by atoms with Gasteiger partial charge in [0.05, 0.1) is 12.1 Å². The number of aryl methyl sites for hydroxylation is 1. The van der Waals surface area contributed by atoms with E-state index in [2.05, 4.69) is 33.2 Å². The van der Waals surface area contributed by atoms with Crippen molar-refractivity contribution in [3.8, 4) is 0 Å². The van der Waals surface area contributed by atoms with Gasteiger partial charge in [-0.05, 0) is 76.9 Å². The highest BCUT2D eigenvalue weighted by Crippen LogP contribution is 2.16. The third-order valence-electron chi connectivity index (χ3n) is 5.38. The molecule has 180 valence electrons. The number of carbonyl (C=O) groups excluding carboxylic acids is 1. The third kappa shape index (κ3) is 7.83. The first-order chi connectivity index (χ1) is 16.2. The van der Waals surface area contributed by atoms with Crippen LogP contribution in [0.3, 0.4) is 0 Å². The molecule has 5 nitrogen and oxygen atoms in total. The Hall–Kier alpha value is -2.40. The lowest BCUT2D eigenvalue weighted by Crippen LogP contribution is -2.50. The van der Waals surface area contributed by atoms with E-state index in [1.54, 1.807) is 24.3 Å². The number of aliphatic hydroxyl groups excluding tert-OH is 2. The maximum Gasteiger partial charge on any atom is 0.253 e. The van der Waals surface area contributed by atoms with Crippen LogP contribution in [0.15, 0.2) is 66.7 Å². The highest BCUT2D eigenvalue weighted by Gasteiger charge is 2.26. The Labute approximate surface area is 211 Å². The van der Waals surface area contributed by atoms with Gasteiger partial charge < -0.3 is 20.8 Å². The number of aliphatic hydroxyl groups is 2. The van der Waals surface area contributed by atoms with E-state index >= 15 is 0 Å². The number of hydrogen-bond donors (Lipinski definition) is 4. The van der Waals surface area contributed by atoms with E-state index in [4.69, 9.17) is 0 Å². The van der Waals surface area contributed by atoms with Crippen molar-refractivity contribution in [2.45, 2.75) is 38.1 Å². The smallest absolute Gasteiger partial charge is 0.253 e. The van der Waals surface area contributed by atoms with Gasteiger partial charge in [-0.2, -0.15) is 0 Å². The first-order valence-electron chi connectivity index (χ1n) is 10.8. The molecule has 3 aromatic rings. The first kappa shape index (κ1) is 26.2. The molecule has 0 radical (unpaired) electrons. The molecule has 0 heterocycles. The summed E-state index contributed by atoms with van der Waals surface area (Å²) >= 11 is 2.21. The zero-order chi connectivity index (χ0) is 24.7. The molecule has 0 fully saturated rings. The number of carbonyl (C=O) groups is 1. The summed E-state index contributed by atoms with van der Waals surface area (Å²) in [5.41, 5.74) is 2.70. The molecule has 0 aliphatic carbocycles. The van der Waals surface area contributed by atoms with Crippen molar-refractivity contribution in [1.82, 2.24) is 10.6 Å². The summed E-state index contributed by atoms with van der Waals surface area (Å²) in [7, 11) is 0. The lowest BCUT2D eigenvalue weighted by Gasteiger charge is -2.26. The summed E-state index contributed by atoms with van der Waals surface area (Å²) < 4.78 is 28.5. The van der Waals surface area contributed by atoms with Gasteiger partial charge in [0.2, 0.25) is 0 Å². The monoisotopic (exact) mass is 580 g/mol. The fourth-order valence-corrected chi connectivity index (χ4v) is 4.19. The average molecular weight is 580 g/mol. The van der Waals surface area contributed by atoms with Crippen molar-refractivity contribution in [2.24, 2.45) is 0 Å². The summed E-state index contributed by atoms with van der Waals surface area (Å²) in [5, 5.41) is 27.1. The summed E-state index contributed by atoms with van der Waals surface area (Å²) in [6.45, 7) is 2.51. The van der Waals surface area contributed by atoms with Crippen molar-refractivity contribution in [3.63, 3.8) is 0 Å². The van der Waals surface area contributed by atoms with Crippen LogP contribution in [0.2, 0.25) is 0 Å². The largest absolute Gasteiger partial charge is 0.390 e. The third-order valence-corrected chi connectivity index (χ3v) is 6.05. The van der Waals surface area contributed by atoms with E-state index in [9.17, 15) is 23.8 Å². The molecular weight excluding hydrogens is 553 g/mol. The Kier molecular flexibility index (Phi) is 9.52. The molecule has 1 unspecified atom stereocenters. The Morgan fingerprint density at radius 3 is 2.29 bits per heavy atom. The van der Waals surface area contributed by atoms with Crippen molar-refractivity contribution in [2.75, 3.05) is 6.54 Å². The Bertz CT molecular complexity index is 1090. The van der Waals surface area contributed by atoms with Crippen LogP contribution in [0.5, 0.6) is 0 Å². The molecule has 3 atom stereocenters. The molecule has 1 amide bonds. The van der Waals surface area contributed by atoms with Crippen LogP contribution in [-0.4, -0.2) is 34.8 Å². The van der Waals surface area contributed by atoms with Crippen LogP contribution in [0.4, 0.5) is 8.78 Å². The number of nitrogens with one attached hydrogen (secondary N) is 2. The molecule has 34 heavy (non-hydrogen) atoms. The van der Waals surface area contributed by atoms with Gasteiger partial charge in [-0.25, -0.2) is 8.78 Å². The fraction of sp³-hybridized carbons (Fsp3) is 0.269. The number of benzene rings is 3. The van der Waals surface area contributed by atoms with Crippen LogP contribution in [0.1, 0.15) is 28.4 Å². The number of rotatable bonds is 10. The molecular formula is C26H27F2IN2O3. The lowest BCUT2D eigenvalue weighted by molar-refractivity contribution is -0.131. The highest BCUT2D eigenvalue weighted by atomic mass is 127. The van der Waals surface area contributed by atoms with Crippen molar-refractivity contribution < 1.29 is 23.8 Å². The molecule has 8 heteroatoms. The molecule has 0 aliphatic heterocycles. The SMILES string of the molecule is Cc1ccc(C(O)C(=O)N[C@@H](Cc2cc(F)cc(F)c2)[C@H](O)CNCc2cccc(I)c2)cc1. The first-order valence-corrected chi connectivity index (χ1v) is 11.9. The topological polar surface area (TPSA) is 81.6 Å². The van der Waals surface area contributed by atoms with E-state index in [1.165, 1.54) is 0 Å². The number of amides is 1. The van der Waals surface area contributed by atoms with Crippen LogP contribution in [0.25, 0.3) is 0 Å². The molecule has 0 aliphatic rings. The minimum atomic E-state index is -1.45. The second kappa shape index (κ2) is 12.3. The zero-order valence-corrected chi connectivity index (χ0v) is 20.8. The molecule has 0 saturated heterocycles. The highest BCUT2D eigenvalue weighted by molar-refractivity contribution is 14.1. The maximum absolute atomic E-state index is 13.7. The molecule has 0 saturated carbocycles. The number of hydrogen-bond acceptors (Lipinski definition) is 4. The van der Waals surface area contributed by atoms with Crippen molar-refractivity contribution in [1.29, 1.82) is 0 Å². The molecule has 3 rings (SSSR count). The van der Waals surface area contributed by atoms with E-state index in [-0.39, 0.29) is 18.5 Å². The quantitative estimate of drug-likeness (QED) is 0.275. The summed E-state index contributed by atoms with van der Waals surface area (Å²) in [6.07, 6.45) is -2.55. The van der Waals surface area contributed by atoms with Crippen LogP contribution >= 0.6 is 22.6 Å². The maximum atomic E-state index is 13.7. The van der Waals surface area contributed by atoms with Gasteiger partial charge in [0.25, 0.3) is 5.91 Å². The number of halogens is 3. The van der Waals surface area contributed by atoms with E-state index in [1.807, 2.05) is 31.2 Å². The Morgan fingerprint density at radius 2 is 1.65 bits per heavy atom. The Morgan fingerprint density at radius 1 is 0.971 bits per heavy atom. The van der Waals surface area contributed by atoms with Gasteiger partial charge in [0.15, 0.2) is 6.10 Å². The predicted molar refractivity (Wildman–Crippen MR) is 135 cm³/mol. The van der Waals surface area contributed by atoms with Gasteiger partial charge in [-0.1, -0.05) is 42.0 Å².